The Hall–Kier alpha value is -1.69. The van der Waals surface area contributed by atoms with Gasteiger partial charge in [-0.3, -0.25) is 0 Å². The van der Waals surface area contributed by atoms with Crippen molar-refractivity contribution in [1.29, 1.82) is 0 Å². The molecule has 0 aromatic carbocycles. The molecule has 6 heteroatoms. The van der Waals surface area contributed by atoms with E-state index in [9.17, 15) is 4.79 Å². The largest absolute Gasteiger partial charge is 0.464 e. The Kier molecular flexibility index (Phi) is 3.99. The minimum Gasteiger partial charge on any atom is -0.464 e. The highest BCUT2D eigenvalue weighted by Crippen LogP contribution is 2.03. The van der Waals surface area contributed by atoms with Crippen LogP contribution in [0.4, 0.5) is 5.82 Å². The summed E-state index contributed by atoms with van der Waals surface area (Å²) in [6.45, 7) is 2.43. The summed E-state index contributed by atoms with van der Waals surface area (Å²) in [6, 6.07) is 0.114. The first-order valence-electron chi connectivity index (χ1n) is 4.54. The van der Waals surface area contributed by atoms with E-state index in [2.05, 4.69) is 20.0 Å². The second-order valence-corrected chi connectivity index (χ2v) is 3.06. The van der Waals surface area contributed by atoms with Crippen LogP contribution in [-0.4, -0.2) is 35.6 Å². The third-order valence-electron chi connectivity index (χ3n) is 1.79. The van der Waals surface area contributed by atoms with Gasteiger partial charge < -0.3 is 15.8 Å². The Morgan fingerprint density at radius 2 is 2.33 bits per heavy atom. The quantitative estimate of drug-likeness (QED) is 0.681. The van der Waals surface area contributed by atoms with Crippen LogP contribution in [0, 0.1) is 0 Å². The van der Waals surface area contributed by atoms with E-state index >= 15 is 0 Å². The second-order valence-electron chi connectivity index (χ2n) is 3.06. The number of nitrogens with two attached hydrogens (primary N) is 1. The number of hydrogen-bond donors (Lipinski definition) is 2. The third-order valence-corrected chi connectivity index (χ3v) is 1.79. The minimum absolute atomic E-state index is 0.114. The average Bonchev–Trinajstić information content (AvgIpc) is 2.29. The molecule has 0 amide bonds. The van der Waals surface area contributed by atoms with Crippen LogP contribution in [0.15, 0.2) is 12.4 Å². The summed E-state index contributed by atoms with van der Waals surface area (Å²) in [5.74, 6) is 0.0847. The maximum atomic E-state index is 11.0. The molecule has 0 aliphatic carbocycles. The van der Waals surface area contributed by atoms with E-state index in [1.807, 2.05) is 6.92 Å². The zero-order valence-corrected chi connectivity index (χ0v) is 8.73. The lowest BCUT2D eigenvalue weighted by Gasteiger charge is -2.11. The van der Waals surface area contributed by atoms with Crippen LogP contribution in [-0.2, 0) is 4.74 Å². The monoisotopic (exact) mass is 210 g/mol. The van der Waals surface area contributed by atoms with Crippen LogP contribution in [0.2, 0.25) is 0 Å². The smallest absolute Gasteiger partial charge is 0.358 e. The molecular weight excluding hydrogens is 196 g/mol. The predicted molar refractivity (Wildman–Crippen MR) is 55.5 cm³/mol. The van der Waals surface area contributed by atoms with Gasteiger partial charge in [-0.1, -0.05) is 0 Å². The molecule has 1 unspecified atom stereocenters. The van der Waals surface area contributed by atoms with Crippen molar-refractivity contribution in [3.8, 4) is 0 Å². The first-order chi connectivity index (χ1) is 7.17. The number of carbonyl (C=O) groups excluding carboxylic acids is 1. The molecule has 0 fully saturated rings. The second kappa shape index (κ2) is 5.26. The van der Waals surface area contributed by atoms with E-state index in [1.54, 1.807) is 0 Å². The highest BCUT2D eigenvalue weighted by atomic mass is 16.5. The van der Waals surface area contributed by atoms with Gasteiger partial charge in [0.2, 0.25) is 0 Å². The zero-order valence-electron chi connectivity index (χ0n) is 8.73. The van der Waals surface area contributed by atoms with Gasteiger partial charge in [0.05, 0.1) is 19.5 Å². The lowest BCUT2D eigenvalue weighted by Crippen LogP contribution is -2.25. The van der Waals surface area contributed by atoms with Crippen molar-refractivity contribution in [2.75, 3.05) is 19.0 Å². The third kappa shape index (κ3) is 3.17. The lowest BCUT2D eigenvalue weighted by molar-refractivity contribution is 0.0593. The fourth-order valence-electron chi connectivity index (χ4n) is 0.924. The summed E-state index contributed by atoms with van der Waals surface area (Å²) in [4.78, 5) is 18.9. The number of esters is 1. The molecule has 0 saturated heterocycles. The highest BCUT2D eigenvalue weighted by molar-refractivity contribution is 5.86. The van der Waals surface area contributed by atoms with Crippen molar-refractivity contribution in [2.45, 2.75) is 13.0 Å². The maximum Gasteiger partial charge on any atom is 0.358 e. The van der Waals surface area contributed by atoms with E-state index < -0.39 is 5.97 Å². The van der Waals surface area contributed by atoms with Crippen molar-refractivity contribution < 1.29 is 9.53 Å². The number of aromatic nitrogens is 2. The molecule has 1 rings (SSSR count). The highest BCUT2D eigenvalue weighted by Gasteiger charge is 2.07. The van der Waals surface area contributed by atoms with Crippen LogP contribution in [0.5, 0.6) is 0 Å². The van der Waals surface area contributed by atoms with Gasteiger partial charge in [-0.05, 0) is 6.92 Å². The molecule has 1 aromatic heterocycles. The van der Waals surface area contributed by atoms with Crippen LogP contribution < -0.4 is 11.1 Å². The molecule has 1 atom stereocenters. The standard InChI is InChI=1S/C9H14N4O2/c1-6(3-10)13-8-5-11-7(4-12-8)9(14)15-2/h4-6H,3,10H2,1-2H3,(H,12,13). The van der Waals surface area contributed by atoms with Crippen molar-refractivity contribution in [3.63, 3.8) is 0 Å². The Bertz CT molecular complexity index is 325. The topological polar surface area (TPSA) is 90.1 Å². The molecule has 0 bridgehead atoms. The van der Waals surface area contributed by atoms with Crippen LogP contribution in [0.3, 0.4) is 0 Å². The first kappa shape index (κ1) is 11.4. The number of nitrogens with one attached hydrogen (secondary N) is 1. The molecule has 0 saturated carbocycles. The molecule has 6 nitrogen and oxygen atoms in total. The molecule has 1 heterocycles. The van der Waals surface area contributed by atoms with E-state index in [0.717, 1.165) is 0 Å². The number of anilines is 1. The predicted octanol–water partition coefficient (Wildman–Crippen LogP) is 0.0223. The van der Waals surface area contributed by atoms with E-state index in [4.69, 9.17) is 5.73 Å². The molecule has 0 spiro atoms. The molecule has 3 N–H and O–H groups in total. The van der Waals surface area contributed by atoms with Crippen LogP contribution in [0.25, 0.3) is 0 Å². The van der Waals surface area contributed by atoms with E-state index in [1.165, 1.54) is 19.5 Å². The van der Waals surface area contributed by atoms with Crippen molar-refractivity contribution >= 4 is 11.8 Å². The van der Waals surface area contributed by atoms with Crippen LogP contribution >= 0.6 is 0 Å². The Morgan fingerprint density at radius 3 is 2.80 bits per heavy atom. The van der Waals surface area contributed by atoms with Gasteiger partial charge in [0, 0.05) is 12.6 Å². The van der Waals surface area contributed by atoms with Crippen LogP contribution in [0.1, 0.15) is 17.4 Å². The zero-order chi connectivity index (χ0) is 11.3. The van der Waals surface area contributed by atoms with Crippen molar-refractivity contribution in [3.05, 3.63) is 18.1 Å². The number of hydrogen-bond acceptors (Lipinski definition) is 6. The first-order valence-corrected chi connectivity index (χ1v) is 4.54. The number of nitrogens with zero attached hydrogens (tertiary/aromatic N) is 2. The molecule has 0 radical (unpaired) electrons. The number of rotatable bonds is 4. The van der Waals surface area contributed by atoms with E-state index in [-0.39, 0.29) is 11.7 Å². The fourth-order valence-corrected chi connectivity index (χ4v) is 0.924. The van der Waals surface area contributed by atoms with Crippen molar-refractivity contribution in [1.82, 2.24) is 9.97 Å². The summed E-state index contributed by atoms with van der Waals surface area (Å²) in [5, 5.41) is 3.02. The SMILES string of the molecule is COC(=O)c1cnc(NC(C)CN)cn1. The molecule has 1 aromatic rings. The summed E-state index contributed by atoms with van der Waals surface area (Å²) in [7, 11) is 1.30. The summed E-state index contributed by atoms with van der Waals surface area (Å²) >= 11 is 0. The summed E-state index contributed by atoms with van der Waals surface area (Å²) in [5.41, 5.74) is 5.62. The fraction of sp³-hybridized carbons (Fsp3) is 0.444. The van der Waals surface area contributed by atoms with Gasteiger partial charge in [-0.15, -0.1) is 0 Å². The number of carbonyl (C=O) groups is 1. The Labute approximate surface area is 87.9 Å². The van der Waals surface area contributed by atoms with Gasteiger partial charge >= 0.3 is 5.97 Å². The Balaban J connectivity index is 2.68. The summed E-state index contributed by atoms with van der Waals surface area (Å²) < 4.78 is 4.50. The normalized spacial score (nSPS) is 11.9. The number of ether oxygens (including phenoxy) is 1. The van der Waals surface area contributed by atoms with Crippen molar-refractivity contribution in [2.24, 2.45) is 5.73 Å². The Morgan fingerprint density at radius 1 is 1.60 bits per heavy atom. The molecule has 82 valence electrons. The molecule has 15 heavy (non-hydrogen) atoms. The van der Waals surface area contributed by atoms with Gasteiger partial charge in [0.15, 0.2) is 5.69 Å². The molecule has 0 aliphatic rings. The average molecular weight is 210 g/mol. The maximum absolute atomic E-state index is 11.0. The summed E-state index contributed by atoms with van der Waals surface area (Å²) in [6.07, 6.45) is 2.83. The molecule has 0 aliphatic heterocycles. The molecular formula is C9H14N4O2. The number of methoxy groups -OCH3 is 1. The van der Waals surface area contributed by atoms with Gasteiger partial charge in [-0.25, -0.2) is 14.8 Å². The lowest BCUT2D eigenvalue weighted by atomic mass is 10.3. The van der Waals surface area contributed by atoms with Gasteiger partial charge in [0.25, 0.3) is 0 Å². The minimum atomic E-state index is -0.499. The van der Waals surface area contributed by atoms with Gasteiger partial charge in [0.1, 0.15) is 5.82 Å². The van der Waals surface area contributed by atoms with Gasteiger partial charge in [-0.2, -0.15) is 0 Å². The van der Waals surface area contributed by atoms with E-state index in [0.29, 0.717) is 12.4 Å².